The summed E-state index contributed by atoms with van der Waals surface area (Å²) in [5, 5.41) is 3.04. The molecule has 1 amide bonds. The van der Waals surface area contributed by atoms with Crippen LogP contribution in [0.15, 0.2) is 29.2 Å². The van der Waals surface area contributed by atoms with Crippen LogP contribution in [0.25, 0.3) is 0 Å². The van der Waals surface area contributed by atoms with Crippen molar-refractivity contribution in [3.05, 3.63) is 29.8 Å². The van der Waals surface area contributed by atoms with Crippen molar-refractivity contribution >= 4 is 15.9 Å². The van der Waals surface area contributed by atoms with Crippen LogP contribution in [0.5, 0.6) is 0 Å². The summed E-state index contributed by atoms with van der Waals surface area (Å²) in [6, 6.07) is 5.88. The fraction of sp³-hybridized carbons (Fsp3) is 0.550. The summed E-state index contributed by atoms with van der Waals surface area (Å²) in [7, 11) is 0.489. The van der Waals surface area contributed by atoms with E-state index in [0.717, 1.165) is 12.8 Å². The lowest BCUT2D eigenvalue weighted by Crippen LogP contribution is -2.52. The highest BCUT2D eigenvalue weighted by Gasteiger charge is 2.33. The molecule has 1 aliphatic rings. The maximum atomic E-state index is 12.5. The minimum Gasteiger partial charge on any atom is -0.350 e. The van der Waals surface area contributed by atoms with Crippen LogP contribution in [-0.4, -0.2) is 51.9 Å². The highest BCUT2D eigenvalue weighted by atomic mass is 32.2. The third-order valence-electron chi connectivity index (χ3n) is 5.35. The second kappa shape index (κ2) is 9.36. The molecule has 1 aromatic rings. The third-order valence-corrected chi connectivity index (χ3v) is 6.77. The van der Waals surface area contributed by atoms with Gasteiger partial charge in [0.15, 0.2) is 0 Å². The molecule has 0 unspecified atom stereocenters. The van der Waals surface area contributed by atoms with Crippen molar-refractivity contribution < 1.29 is 13.2 Å². The van der Waals surface area contributed by atoms with E-state index in [9.17, 15) is 13.2 Å². The average Bonchev–Trinajstić information content (AvgIpc) is 2.91. The van der Waals surface area contributed by atoms with Crippen molar-refractivity contribution in [2.24, 2.45) is 0 Å². The molecule has 1 aliphatic carbocycles. The van der Waals surface area contributed by atoms with Gasteiger partial charge in [-0.05, 0) is 51.2 Å². The van der Waals surface area contributed by atoms with Gasteiger partial charge in [-0.15, -0.1) is 6.42 Å². The summed E-state index contributed by atoms with van der Waals surface area (Å²) in [5.74, 6) is 2.04. The van der Waals surface area contributed by atoms with E-state index in [4.69, 9.17) is 6.42 Å². The molecule has 1 aromatic carbocycles. The van der Waals surface area contributed by atoms with Crippen molar-refractivity contribution in [1.29, 1.82) is 0 Å². The molecule has 148 valence electrons. The summed E-state index contributed by atoms with van der Waals surface area (Å²) < 4.78 is 26.4. The van der Waals surface area contributed by atoms with Gasteiger partial charge in [0.2, 0.25) is 10.0 Å². The minimum absolute atomic E-state index is 0.0193. The first-order valence-corrected chi connectivity index (χ1v) is 10.8. The Kier molecular flexibility index (Phi) is 7.42. The number of amides is 1. The molecular formula is C20H29N3O3S. The van der Waals surface area contributed by atoms with Gasteiger partial charge in [0.1, 0.15) is 0 Å². The first-order valence-electron chi connectivity index (χ1n) is 9.30. The fourth-order valence-electron chi connectivity index (χ4n) is 3.52. The molecule has 6 nitrogen and oxygen atoms in total. The number of benzene rings is 1. The summed E-state index contributed by atoms with van der Waals surface area (Å²) in [6.45, 7) is 0.514. The lowest BCUT2D eigenvalue weighted by molar-refractivity contribution is 0.0869. The van der Waals surface area contributed by atoms with Gasteiger partial charge in [-0.3, -0.25) is 4.79 Å². The zero-order valence-corrected chi connectivity index (χ0v) is 16.9. The predicted octanol–water partition coefficient (Wildman–Crippen LogP) is 1.98. The van der Waals surface area contributed by atoms with Gasteiger partial charge in [0, 0.05) is 17.6 Å². The van der Waals surface area contributed by atoms with E-state index >= 15 is 0 Å². The van der Waals surface area contributed by atoms with Crippen LogP contribution in [0.2, 0.25) is 0 Å². The van der Waals surface area contributed by atoms with Gasteiger partial charge in [-0.2, -0.15) is 4.72 Å². The molecule has 0 saturated heterocycles. The summed E-state index contributed by atoms with van der Waals surface area (Å²) in [6.07, 6.45) is 12.0. The number of nitrogens with zero attached hydrogens (tertiary/aromatic N) is 1. The Morgan fingerprint density at radius 1 is 1.15 bits per heavy atom. The molecule has 0 bridgehead atoms. The topological polar surface area (TPSA) is 78.5 Å². The van der Waals surface area contributed by atoms with Crippen LogP contribution in [-0.2, 0) is 10.0 Å². The molecule has 0 spiro atoms. The van der Waals surface area contributed by atoms with Crippen LogP contribution < -0.4 is 10.0 Å². The highest BCUT2D eigenvalue weighted by Crippen LogP contribution is 2.30. The number of sulfonamides is 1. The van der Waals surface area contributed by atoms with Crippen LogP contribution >= 0.6 is 0 Å². The molecular weight excluding hydrogens is 362 g/mol. The Labute approximate surface area is 162 Å². The number of carbonyl (C=O) groups excluding carboxylic acids is 1. The summed E-state index contributed by atoms with van der Waals surface area (Å²) in [4.78, 5) is 14.9. The Morgan fingerprint density at radius 2 is 1.74 bits per heavy atom. The fourth-order valence-corrected chi connectivity index (χ4v) is 4.46. The number of nitrogens with one attached hydrogen (secondary N) is 2. The molecule has 0 radical (unpaired) electrons. The van der Waals surface area contributed by atoms with Gasteiger partial charge in [0.25, 0.3) is 5.91 Å². The molecule has 0 aromatic heterocycles. The Bertz CT molecular complexity index is 772. The lowest BCUT2D eigenvalue weighted by atomic mass is 9.88. The van der Waals surface area contributed by atoms with E-state index in [0.29, 0.717) is 12.1 Å². The Hall–Kier alpha value is -1.88. The number of likely N-dealkylation sites (N-methyl/N-ethyl adjacent to an activating group) is 1. The van der Waals surface area contributed by atoms with E-state index in [1.54, 1.807) is 0 Å². The minimum atomic E-state index is -3.65. The highest BCUT2D eigenvalue weighted by molar-refractivity contribution is 7.89. The number of hydrogen-bond donors (Lipinski definition) is 2. The maximum Gasteiger partial charge on any atom is 0.251 e. The standard InChI is InChI=1S/C20H29N3O3S/c1-4-15-22-27(25,26)18-11-9-17(10-12-18)19(24)21-16-20(23(2)3)13-7-5-6-8-14-20/h1,9-12,22H,5-8,13-16H2,2-3H3,(H,21,24). The second-order valence-electron chi connectivity index (χ2n) is 7.27. The smallest absolute Gasteiger partial charge is 0.251 e. The second-order valence-corrected chi connectivity index (χ2v) is 9.04. The van der Waals surface area contributed by atoms with Crippen molar-refractivity contribution in [3.63, 3.8) is 0 Å². The number of hydrogen-bond acceptors (Lipinski definition) is 4. The van der Waals surface area contributed by atoms with Crippen LogP contribution in [0.1, 0.15) is 48.9 Å². The number of carbonyl (C=O) groups is 1. The monoisotopic (exact) mass is 391 g/mol. The number of terminal acetylenes is 1. The average molecular weight is 392 g/mol. The van der Waals surface area contributed by atoms with E-state index in [1.165, 1.54) is 49.9 Å². The quantitative estimate of drug-likeness (QED) is 0.550. The van der Waals surface area contributed by atoms with Crippen molar-refractivity contribution in [1.82, 2.24) is 14.9 Å². The molecule has 0 aliphatic heterocycles. The Balaban J connectivity index is 2.04. The molecule has 1 saturated carbocycles. The summed E-state index contributed by atoms with van der Waals surface area (Å²) in [5.41, 5.74) is 0.419. The summed E-state index contributed by atoms with van der Waals surface area (Å²) >= 11 is 0. The van der Waals surface area contributed by atoms with Crippen LogP contribution in [0.4, 0.5) is 0 Å². The largest absolute Gasteiger partial charge is 0.350 e. The van der Waals surface area contributed by atoms with Gasteiger partial charge in [0.05, 0.1) is 11.4 Å². The Morgan fingerprint density at radius 3 is 2.26 bits per heavy atom. The van der Waals surface area contributed by atoms with Crippen LogP contribution in [0.3, 0.4) is 0 Å². The third kappa shape index (κ3) is 5.55. The molecule has 2 rings (SSSR count). The molecule has 7 heteroatoms. The maximum absolute atomic E-state index is 12.5. The number of rotatable bonds is 7. The normalized spacial score (nSPS) is 17.1. The molecule has 0 atom stereocenters. The zero-order valence-electron chi connectivity index (χ0n) is 16.1. The van der Waals surface area contributed by atoms with Gasteiger partial charge < -0.3 is 10.2 Å². The van der Waals surface area contributed by atoms with Crippen molar-refractivity contribution in [2.45, 2.75) is 49.0 Å². The molecule has 0 heterocycles. The van der Waals surface area contributed by atoms with E-state index in [2.05, 4.69) is 35.0 Å². The zero-order chi connectivity index (χ0) is 19.9. The van der Waals surface area contributed by atoms with Crippen molar-refractivity contribution in [3.8, 4) is 12.3 Å². The van der Waals surface area contributed by atoms with Gasteiger partial charge in [-0.1, -0.05) is 31.6 Å². The molecule has 1 fully saturated rings. The van der Waals surface area contributed by atoms with E-state index < -0.39 is 10.0 Å². The SMILES string of the molecule is C#CCNS(=O)(=O)c1ccc(C(=O)NCC2(N(C)C)CCCCCC2)cc1. The lowest BCUT2D eigenvalue weighted by Gasteiger charge is -2.39. The van der Waals surface area contributed by atoms with E-state index in [-0.39, 0.29) is 22.9 Å². The first-order chi connectivity index (χ1) is 12.8. The van der Waals surface area contributed by atoms with E-state index in [1.807, 2.05) is 0 Å². The molecule has 27 heavy (non-hydrogen) atoms. The van der Waals surface area contributed by atoms with Gasteiger partial charge in [-0.25, -0.2) is 8.42 Å². The van der Waals surface area contributed by atoms with Crippen molar-refractivity contribution in [2.75, 3.05) is 27.2 Å². The van der Waals surface area contributed by atoms with Crippen LogP contribution in [0, 0.1) is 12.3 Å². The predicted molar refractivity (Wildman–Crippen MR) is 107 cm³/mol. The first kappa shape index (κ1) is 21.4. The molecule has 2 N–H and O–H groups in total. The van der Waals surface area contributed by atoms with Gasteiger partial charge >= 0.3 is 0 Å².